The van der Waals surface area contributed by atoms with Crippen molar-refractivity contribution >= 4 is 21.6 Å². The molecule has 0 spiro atoms. The molecule has 0 aromatic heterocycles. The molecule has 0 aliphatic rings. The van der Waals surface area contributed by atoms with Gasteiger partial charge in [0.1, 0.15) is 5.75 Å². The van der Waals surface area contributed by atoms with Crippen molar-refractivity contribution in [3.05, 3.63) is 65.7 Å². The van der Waals surface area contributed by atoms with Crippen LogP contribution in [0.1, 0.15) is 21.5 Å². The topological polar surface area (TPSA) is 84.5 Å². The van der Waals surface area contributed by atoms with Crippen LogP contribution in [0.3, 0.4) is 0 Å². The summed E-state index contributed by atoms with van der Waals surface area (Å²) < 4.78 is 33.5. The fraction of sp³-hybridized carbons (Fsp3) is 0.211. The summed E-state index contributed by atoms with van der Waals surface area (Å²) in [6.45, 7) is 7.34. The van der Waals surface area contributed by atoms with E-state index in [1.807, 2.05) is 0 Å². The van der Waals surface area contributed by atoms with Crippen molar-refractivity contribution in [2.24, 2.45) is 0 Å². The summed E-state index contributed by atoms with van der Waals surface area (Å²) in [5.74, 6) is 0.233. The molecule has 0 atom stereocenters. The molecule has 138 valence electrons. The lowest BCUT2D eigenvalue weighted by atomic mass is 10.1. The summed E-state index contributed by atoms with van der Waals surface area (Å²) in [7, 11) is -2.34. The Morgan fingerprint density at radius 3 is 2.50 bits per heavy atom. The number of carbonyl (C=O) groups is 1. The Labute approximate surface area is 153 Å². The normalized spacial score (nSPS) is 10.9. The predicted octanol–water partition coefficient (Wildman–Crippen LogP) is 3.03. The van der Waals surface area contributed by atoms with Crippen LogP contribution in [0, 0.1) is 13.8 Å². The first-order valence-electron chi connectivity index (χ1n) is 7.97. The van der Waals surface area contributed by atoms with Crippen molar-refractivity contribution in [2.45, 2.75) is 18.7 Å². The van der Waals surface area contributed by atoms with Gasteiger partial charge >= 0.3 is 0 Å². The van der Waals surface area contributed by atoms with Crippen molar-refractivity contribution in [3.63, 3.8) is 0 Å². The molecule has 0 fully saturated rings. The number of hydrogen-bond acceptors (Lipinski definition) is 4. The maximum atomic E-state index is 12.9. The van der Waals surface area contributed by atoms with Gasteiger partial charge in [-0.3, -0.25) is 9.52 Å². The van der Waals surface area contributed by atoms with Gasteiger partial charge in [-0.25, -0.2) is 8.42 Å². The second-order valence-electron chi connectivity index (χ2n) is 5.67. The lowest BCUT2D eigenvalue weighted by Crippen LogP contribution is -2.25. The Hall–Kier alpha value is -2.80. The first-order chi connectivity index (χ1) is 12.3. The highest BCUT2D eigenvalue weighted by atomic mass is 32.2. The number of carbonyl (C=O) groups excluding carboxylic acids is 1. The molecule has 7 heteroatoms. The number of ether oxygens (including phenoxy) is 1. The van der Waals surface area contributed by atoms with Crippen molar-refractivity contribution in [3.8, 4) is 5.75 Å². The van der Waals surface area contributed by atoms with E-state index in [0.29, 0.717) is 11.3 Å². The van der Waals surface area contributed by atoms with E-state index in [1.54, 1.807) is 50.3 Å². The van der Waals surface area contributed by atoms with Gasteiger partial charge in [-0.2, -0.15) is 0 Å². The molecule has 6 nitrogen and oxygen atoms in total. The molecule has 0 heterocycles. The molecule has 2 rings (SSSR count). The minimum absolute atomic E-state index is 0.136. The molecule has 26 heavy (non-hydrogen) atoms. The number of sulfonamides is 1. The van der Waals surface area contributed by atoms with Crippen LogP contribution in [-0.2, 0) is 10.0 Å². The van der Waals surface area contributed by atoms with Crippen molar-refractivity contribution in [2.75, 3.05) is 18.4 Å². The lowest BCUT2D eigenvalue weighted by Gasteiger charge is -2.16. The largest absolute Gasteiger partial charge is 0.496 e. The molecule has 0 radical (unpaired) electrons. The van der Waals surface area contributed by atoms with Crippen LogP contribution in [-0.4, -0.2) is 28.0 Å². The molecule has 2 N–H and O–H groups in total. The summed E-state index contributed by atoms with van der Waals surface area (Å²) in [6, 6.07) is 9.54. The van der Waals surface area contributed by atoms with E-state index in [-0.39, 0.29) is 28.6 Å². The van der Waals surface area contributed by atoms with Gasteiger partial charge in [-0.1, -0.05) is 18.2 Å². The third-order valence-electron chi connectivity index (χ3n) is 4.02. The van der Waals surface area contributed by atoms with E-state index in [2.05, 4.69) is 16.6 Å². The van der Waals surface area contributed by atoms with Crippen LogP contribution < -0.4 is 14.8 Å². The van der Waals surface area contributed by atoms with Crippen LogP contribution in [0.15, 0.2) is 53.9 Å². The number of nitrogens with one attached hydrogen (secondary N) is 2. The Morgan fingerprint density at radius 2 is 1.85 bits per heavy atom. The molecule has 0 aliphatic heterocycles. The smallest absolute Gasteiger partial charge is 0.262 e. The minimum Gasteiger partial charge on any atom is -0.496 e. The average molecular weight is 374 g/mol. The number of anilines is 1. The Morgan fingerprint density at radius 1 is 1.15 bits per heavy atom. The molecule has 0 bridgehead atoms. The third-order valence-corrected chi connectivity index (χ3v) is 5.53. The molecular formula is C19H22N2O4S. The van der Waals surface area contributed by atoms with Crippen molar-refractivity contribution in [1.29, 1.82) is 0 Å². The number of amides is 1. The van der Waals surface area contributed by atoms with E-state index >= 15 is 0 Å². The Bertz CT molecular complexity index is 937. The standard InChI is InChI=1S/C19H22N2O4S/c1-5-12-20-19(22)15-8-6-7-9-16(15)21-26(23,24)18-11-10-17(25-4)13(2)14(18)3/h5-11,21H,1,12H2,2-4H3,(H,20,22). The lowest BCUT2D eigenvalue weighted by molar-refractivity contribution is 0.0959. The maximum absolute atomic E-state index is 12.9. The Balaban J connectivity index is 2.41. The predicted molar refractivity (Wildman–Crippen MR) is 102 cm³/mol. The molecule has 1 amide bonds. The molecule has 0 unspecified atom stereocenters. The van der Waals surface area contributed by atoms with Crippen LogP contribution in [0.25, 0.3) is 0 Å². The van der Waals surface area contributed by atoms with Crippen molar-refractivity contribution in [1.82, 2.24) is 5.32 Å². The zero-order valence-electron chi connectivity index (χ0n) is 15.0. The van der Waals surface area contributed by atoms with Gasteiger partial charge < -0.3 is 10.1 Å². The van der Waals surface area contributed by atoms with Gasteiger partial charge in [0.05, 0.1) is 23.3 Å². The summed E-state index contributed by atoms with van der Waals surface area (Å²) in [6.07, 6.45) is 1.55. The number of methoxy groups -OCH3 is 1. The van der Waals surface area contributed by atoms with E-state index < -0.39 is 10.0 Å². The van der Waals surface area contributed by atoms with Gasteiger partial charge in [-0.15, -0.1) is 6.58 Å². The fourth-order valence-corrected chi connectivity index (χ4v) is 3.89. The molecule has 2 aromatic carbocycles. The van der Waals surface area contributed by atoms with Gasteiger partial charge in [0.25, 0.3) is 15.9 Å². The van der Waals surface area contributed by atoms with Gasteiger partial charge in [0, 0.05) is 6.54 Å². The summed E-state index contributed by atoms with van der Waals surface area (Å²) >= 11 is 0. The molecule has 0 aliphatic carbocycles. The van der Waals surface area contributed by atoms with Gasteiger partial charge in [-0.05, 0) is 49.2 Å². The van der Waals surface area contributed by atoms with Crippen molar-refractivity contribution < 1.29 is 17.9 Å². The fourth-order valence-electron chi connectivity index (χ4n) is 2.51. The Kier molecular flexibility index (Phi) is 6.05. The number of benzene rings is 2. The highest BCUT2D eigenvalue weighted by Crippen LogP contribution is 2.28. The quantitative estimate of drug-likeness (QED) is 0.730. The summed E-state index contributed by atoms with van der Waals surface area (Å²) in [5.41, 5.74) is 1.78. The van der Waals surface area contributed by atoms with Crippen LogP contribution in [0.5, 0.6) is 5.75 Å². The number of hydrogen-bond donors (Lipinski definition) is 2. The van der Waals surface area contributed by atoms with E-state index in [1.165, 1.54) is 13.2 Å². The highest BCUT2D eigenvalue weighted by Gasteiger charge is 2.22. The van der Waals surface area contributed by atoms with E-state index in [0.717, 1.165) is 5.56 Å². The van der Waals surface area contributed by atoms with E-state index in [9.17, 15) is 13.2 Å². The first-order valence-corrected chi connectivity index (χ1v) is 9.45. The second-order valence-corrected chi connectivity index (χ2v) is 7.32. The van der Waals surface area contributed by atoms with Crippen LogP contribution in [0.4, 0.5) is 5.69 Å². The second kappa shape index (κ2) is 8.05. The molecular weight excluding hydrogens is 352 g/mol. The average Bonchev–Trinajstić information content (AvgIpc) is 2.61. The number of rotatable bonds is 7. The third kappa shape index (κ3) is 4.05. The molecule has 0 saturated heterocycles. The minimum atomic E-state index is -3.87. The highest BCUT2D eigenvalue weighted by molar-refractivity contribution is 7.92. The first kappa shape index (κ1) is 19.5. The maximum Gasteiger partial charge on any atom is 0.262 e. The molecule has 0 saturated carbocycles. The van der Waals surface area contributed by atoms with Crippen LogP contribution >= 0.6 is 0 Å². The van der Waals surface area contributed by atoms with Crippen LogP contribution in [0.2, 0.25) is 0 Å². The molecule has 2 aromatic rings. The zero-order chi connectivity index (χ0) is 19.3. The summed E-state index contributed by atoms with van der Waals surface area (Å²) in [4.78, 5) is 12.4. The van der Waals surface area contributed by atoms with Gasteiger partial charge in [0.15, 0.2) is 0 Å². The zero-order valence-corrected chi connectivity index (χ0v) is 15.8. The van der Waals surface area contributed by atoms with E-state index in [4.69, 9.17) is 4.74 Å². The summed E-state index contributed by atoms with van der Waals surface area (Å²) in [5, 5.41) is 2.64. The number of para-hydroxylation sites is 1. The van der Waals surface area contributed by atoms with Gasteiger partial charge in [0.2, 0.25) is 0 Å². The SMILES string of the molecule is C=CCNC(=O)c1ccccc1NS(=O)(=O)c1ccc(OC)c(C)c1C. The monoisotopic (exact) mass is 374 g/mol.